The van der Waals surface area contributed by atoms with Gasteiger partial charge in [-0.1, -0.05) is 0 Å². The molecule has 20 heavy (non-hydrogen) atoms. The van der Waals surface area contributed by atoms with Crippen LogP contribution in [0.5, 0.6) is 0 Å². The molecule has 0 aromatic heterocycles. The van der Waals surface area contributed by atoms with Crippen molar-refractivity contribution in [2.24, 2.45) is 0 Å². The SMILES string of the molecule is CC[CH]=[Cr]([Cl])([Cl])([CH]1C=CC=C1)[CH]1C=Cc2ccccc21. The third kappa shape index (κ3) is 2.09. The first-order chi connectivity index (χ1) is 9.55. The van der Waals surface area contributed by atoms with Crippen LogP contribution in [-0.4, -0.2) is 4.88 Å². The maximum absolute atomic E-state index is 7.26. The van der Waals surface area contributed by atoms with E-state index in [2.05, 4.69) is 72.5 Å². The Morgan fingerprint density at radius 2 is 1.80 bits per heavy atom. The normalized spacial score (nSPS) is 22.8. The van der Waals surface area contributed by atoms with E-state index < -0.39 is 9.73 Å². The second kappa shape index (κ2) is 5.01. The monoisotopic (exact) mass is 344 g/mol. The summed E-state index contributed by atoms with van der Waals surface area (Å²) in [5.41, 5.74) is 2.52. The molecular formula is C17H18Cl2Cr. The molecule has 0 radical (unpaired) electrons. The molecule has 106 valence electrons. The van der Waals surface area contributed by atoms with Crippen LogP contribution in [0, 0.1) is 0 Å². The van der Waals surface area contributed by atoms with E-state index in [0.717, 1.165) is 6.42 Å². The van der Waals surface area contributed by atoms with Crippen molar-refractivity contribution in [3.63, 3.8) is 0 Å². The fourth-order valence-electron chi connectivity index (χ4n) is 3.02. The molecule has 0 saturated heterocycles. The van der Waals surface area contributed by atoms with Crippen LogP contribution in [0.1, 0.15) is 29.3 Å². The molecule has 0 bridgehead atoms. The van der Waals surface area contributed by atoms with Gasteiger partial charge in [-0.05, 0) is 0 Å². The zero-order chi connectivity index (χ0) is 14.2. The van der Waals surface area contributed by atoms with Gasteiger partial charge in [-0.25, -0.2) is 0 Å². The maximum atomic E-state index is 7.26. The third-order valence-corrected chi connectivity index (χ3v) is 14.1. The minimum absolute atomic E-state index is 0.131. The Hall–Kier alpha value is -0.578. The van der Waals surface area contributed by atoms with Gasteiger partial charge in [-0.3, -0.25) is 0 Å². The van der Waals surface area contributed by atoms with Crippen LogP contribution in [0.4, 0.5) is 0 Å². The van der Waals surface area contributed by atoms with E-state index in [1.54, 1.807) is 0 Å². The molecule has 0 spiro atoms. The molecule has 3 heteroatoms. The van der Waals surface area contributed by atoms with Crippen LogP contribution in [-0.2, 0) is 9.73 Å². The number of hydrogen-bond acceptors (Lipinski definition) is 0. The number of allylic oxidation sites excluding steroid dienone is 5. The molecule has 0 heterocycles. The van der Waals surface area contributed by atoms with Crippen LogP contribution in [0.3, 0.4) is 0 Å². The Bertz CT molecular complexity index is 677. The molecule has 1 atom stereocenters. The van der Waals surface area contributed by atoms with Crippen molar-refractivity contribution >= 4 is 31.1 Å². The average molecular weight is 345 g/mol. The summed E-state index contributed by atoms with van der Waals surface area (Å²) >= 11 is 0. The number of hydrogen-bond donors (Lipinski definition) is 0. The summed E-state index contributed by atoms with van der Waals surface area (Å²) in [5, 5.41) is 0. The molecule has 1 unspecified atom stereocenters. The van der Waals surface area contributed by atoms with Crippen LogP contribution >= 0.6 is 20.1 Å². The van der Waals surface area contributed by atoms with Crippen LogP contribution in [0.25, 0.3) is 6.08 Å². The Morgan fingerprint density at radius 3 is 2.50 bits per heavy atom. The Labute approximate surface area is 129 Å². The van der Waals surface area contributed by atoms with Gasteiger partial charge in [-0.2, -0.15) is 0 Å². The zero-order valence-corrected chi connectivity index (χ0v) is 14.2. The minimum atomic E-state index is -3.54. The van der Waals surface area contributed by atoms with E-state index in [1.807, 2.05) is 0 Å². The van der Waals surface area contributed by atoms with E-state index >= 15 is 0 Å². The van der Waals surface area contributed by atoms with Gasteiger partial charge in [0.15, 0.2) is 0 Å². The van der Waals surface area contributed by atoms with Gasteiger partial charge in [0.05, 0.1) is 0 Å². The first kappa shape index (κ1) is 14.4. The van der Waals surface area contributed by atoms with Gasteiger partial charge >= 0.3 is 129 Å². The fourth-order valence-corrected chi connectivity index (χ4v) is 11.4. The van der Waals surface area contributed by atoms with Crippen molar-refractivity contribution in [3.8, 4) is 0 Å². The summed E-state index contributed by atoms with van der Waals surface area (Å²) in [4.78, 5) is 2.21. The topological polar surface area (TPSA) is 0 Å². The van der Waals surface area contributed by atoms with Crippen molar-refractivity contribution < 1.29 is 9.73 Å². The van der Waals surface area contributed by atoms with Crippen molar-refractivity contribution in [1.29, 1.82) is 0 Å². The molecule has 1 aromatic carbocycles. The molecule has 2 aliphatic carbocycles. The summed E-state index contributed by atoms with van der Waals surface area (Å²) in [6.07, 6.45) is 13.7. The molecule has 0 saturated carbocycles. The first-order valence-corrected chi connectivity index (χ1v) is 12.6. The summed E-state index contributed by atoms with van der Waals surface area (Å²) in [6, 6.07) is 8.43. The van der Waals surface area contributed by atoms with Gasteiger partial charge < -0.3 is 0 Å². The molecule has 0 amide bonds. The molecule has 0 N–H and O–H groups in total. The Morgan fingerprint density at radius 1 is 1.10 bits per heavy atom. The van der Waals surface area contributed by atoms with E-state index in [1.165, 1.54) is 11.1 Å². The number of rotatable bonds is 3. The predicted molar refractivity (Wildman–Crippen MR) is 88.3 cm³/mol. The van der Waals surface area contributed by atoms with Crippen LogP contribution < -0.4 is 0 Å². The summed E-state index contributed by atoms with van der Waals surface area (Å²) in [6.45, 7) is 2.12. The van der Waals surface area contributed by atoms with E-state index in [9.17, 15) is 0 Å². The van der Waals surface area contributed by atoms with Gasteiger partial charge in [0.2, 0.25) is 0 Å². The number of fused-ring (bicyclic) bond motifs is 1. The quantitative estimate of drug-likeness (QED) is 0.642. The summed E-state index contributed by atoms with van der Waals surface area (Å²) in [7, 11) is 11.0. The van der Waals surface area contributed by atoms with E-state index in [-0.39, 0.29) is 9.56 Å². The average Bonchev–Trinajstić information content (AvgIpc) is 3.09. The van der Waals surface area contributed by atoms with Crippen molar-refractivity contribution in [1.82, 2.24) is 0 Å². The van der Waals surface area contributed by atoms with Crippen molar-refractivity contribution in [3.05, 3.63) is 65.8 Å². The van der Waals surface area contributed by atoms with Crippen LogP contribution in [0.15, 0.2) is 54.6 Å². The van der Waals surface area contributed by atoms with Gasteiger partial charge in [0.25, 0.3) is 0 Å². The predicted octanol–water partition coefficient (Wildman–Crippen LogP) is 5.88. The third-order valence-electron chi connectivity index (χ3n) is 3.96. The van der Waals surface area contributed by atoms with Gasteiger partial charge in [0.1, 0.15) is 0 Å². The van der Waals surface area contributed by atoms with E-state index in [0.29, 0.717) is 0 Å². The van der Waals surface area contributed by atoms with E-state index in [4.69, 9.17) is 20.1 Å². The van der Waals surface area contributed by atoms with Crippen molar-refractivity contribution in [2.45, 2.75) is 22.9 Å². The molecule has 1 aromatic rings. The second-order valence-electron chi connectivity index (χ2n) is 5.22. The molecule has 0 fully saturated rings. The molecule has 2 aliphatic rings. The summed E-state index contributed by atoms with van der Waals surface area (Å²) < 4.78 is 0.283. The first-order valence-electron chi connectivity index (χ1n) is 6.87. The zero-order valence-electron chi connectivity index (χ0n) is 11.4. The number of benzene rings is 1. The Balaban J connectivity index is 2.19. The standard InChI is InChI=1S/C9H7.C5H5.C3H6.2ClH.Cr/c1-2-5-9-7-3-6-8(9)4-1;1-2-4-5-3-1;1-3-2;;;/h1-7H;1-5H;1H,3H2,2H3;2*1H;/q;;;;;+2/p-2. The molecular weight excluding hydrogens is 327 g/mol. The molecule has 0 nitrogen and oxygen atoms in total. The molecule has 0 aliphatic heterocycles. The number of halogens is 2. The summed E-state index contributed by atoms with van der Waals surface area (Å²) in [5.74, 6) is 0. The fraction of sp³-hybridized carbons (Fsp3) is 0.235. The van der Waals surface area contributed by atoms with Gasteiger partial charge in [-0.15, -0.1) is 0 Å². The van der Waals surface area contributed by atoms with Crippen LogP contribution in [0.2, 0.25) is 4.78 Å². The van der Waals surface area contributed by atoms with Gasteiger partial charge in [0, 0.05) is 0 Å². The molecule has 3 rings (SSSR count). The van der Waals surface area contributed by atoms with Crippen molar-refractivity contribution in [2.75, 3.05) is 0 Å². The Kier molecular flexibility index (Phi) is 3.60. The second-order valence-corrected chi connectivity index (χ2v) is 16.8.